The van der Waals surface area contributed by atoms with Crippen LogP contribution in [0.2, 0.25) is 0 Å². The predicted molar refractivity (Wildman–Crippen MR) is 56.7 cm³/mol. The zero-order chi connectivity index (χ0) is 13.5. The van der Waals surface area contributed by atoms with Gasteiger partial charge in [0.15, 0.2) is 0 Å². The fraction of sp³-hybridized carbons (Fsp3) is 0. The van der Waals surface area contributed by atoms with Gasteiger partial charge in [0.05, 0.1) is 0 Å². The van der Waals surface area contributed by atoms with Crippen LogP contribution in [0, 0.1) is 0 Å². The molecule has 0 saturated heterocycles. The van der Waals surface area contributed by atoms with Crippen molar-refractivity contribution < 1.29 is 57.7 Å². The van der Waals surface area contributed by atoms with Gasteiger partial charge in [-0.2, -0.15) is 15.6 Å². The van der Waals surface area contributed by atoms with Gasteiger partial charge in [0.2, 0.25) is 0 Å². The Labute approximate surface area is 208 Å². The molecule has 104 valence electrons. The fourth-order valence-corrected chi connectivity index (χ4v) is 0. The molecule has 0 radical (unpaired) electrons. The molecule has 0 aromatic rings. The zero-order valence-electron chi connectivity index (χ0n) is 9.19. The van der Waals surface area contributed by atoms with Gasteiger partial charge in [-0.05, 0) is 0 Å². The number of rotatable bonds is 0. The van der Waals surface area contributed by atoms with E-state index in [-0.39, 0.29) is 131 Å². The van der Waals surface area contributed by atoms with Crippen LogP contribution in [0.1, 0.15) is 0 Å². The van der Waals surface area contributed by atoms with Crippen LogP contribution < -0.4 is 29.4 Å². The van der Waals surface area contributed by atoms with E-state index in [0.29, 0.717) is 0 Å². The van der Waals surface area contributed by atoms with Gasteiger partial charge in [0, 0.05) is 0 Å². The maximum atomic E-state index is 8.88. The van der Waals surface area contributed by atoms with Gasteiger partial charge in [-0.3, -0.25) is 0 Å². The summed E-state index contributed by atoms with van der Waals surface area (Å²) in [4.78, 5) is 72.9. The summed E-state index contributed by atoms with van der Waals surface area (Å²) in [6.45, 7) is 0. The first kappa shape index (κ1) is 43.8. The third-order valence-corrected chi connectivity index (χ3v) is 0. The normalized spacial score (nSPS) is 9.32. The van der Waals surface area contributed by atoms with Crippen molar-refractivity contribution in [3.63, 3.8) is 0 Å². The molecule has 0 saturated carbocycles. The first-order valence-corrected chi connectivity index (χ1v) is 6.73. The molecule has 0 aromatic carbocycles. The topological polar surface area (TPSA) is 250 Å². The van der Waals surface area contributed by atoms with Crippen molar-refractivity contribution in [2.45, 2.75) is 0 Å². The fourth-order valence-electron chi connectivity index (χ4n) is 0. The molecule has 0 fully saturated rings. The molecule has 0 aromatic heterocycles. The summed E-state index contributed by atoms with van der Waals surface area (Å²) < 4.78 is 26.0. The minimum absolute atomic E-state index is 0. The molecular weight excluding hydrogens is 480 g/mol. The number of hydrogen-bond donors (Lipinski definition) is 3. The molecule has 19 heteroatoms. The van der Waals surface area contributed by atoms with Gasteiger partial charge >= 0.3 is 139 Å². The summed E-state index contributed by atoms with van der Waals surface area (Å²) in [6, 6.07) is 0. The van der Waals surface area contributed by atoms with E-state index in [1.807, 2.05) is 0 Å². The van der Waals surface area contributed by atoms with Gasteiger partial charge in [-0.15, -0.1) is 0 Å². The van der Waals surface area contributed by atoms with E-state index in [4.69, 9.17) is 57.7 Å². The Kier molecular flexibility index (Phi) is 47.7. The Balaban J connectivity index is -0.0000000206. The second-order valence-electron chi connectivity index (χ2n) is 1.41. The molecule has 0 heterocycles. The van der Waals surface area contributed by atoms with Crippen molar-refractivity contribution in [1.29, 1.82) is 0 Å². The van der Waals surface area contributed by atoms with Crippen LogP contribution in [0.15, 0.2) is 0 Å². The Morgan fingerprint density at radius 3 is 0.579 bits per heavy atom. The quantitative estimate of drug-likeness (QED) is 0.213. The second kappa shape index (κ2) is 20.7. The molecule has 0 rings (SSSR count). The largest absolute Gasteiger partial charge is 2.00 e. The van der Waals surface area contributed by atoms with Crippen molar-refractivity contribution in [2.24, 2.45) is 0 Å². The Bertz CT molecular complexity index is 214. The molecule has 19 heavy (non-hydrogen) atoms. The van der Waals surface area contributed by atoms with Crippen LogP contribution in [-0.2, 0) is 13.7 Å². The monoisotopic (exact) mass is 486 g/mol. The van der Waals surface area contributed by atoms with Crippen LogP contribution in [-0.4, -0.2) is 146 Å². The molecule has 0 aliphatic heterocycles. The van der Waals surface area contributed by atoms with Crippen LogP contribution in [0.25, 0.3) is 0 Å². The SMILES string of the molecule is O=P(O)(O)O.O=P([O-])([O-])[O-].O=P([O-])([O-])[O-].[AsH3].[Ca+2].[Ca+2].[Ca+2]. The third-order valence-electron chi connectivity index (χ3n) is 0. The molecule has 12 nitrogen and oxygen atoms in total. The summed E-state index contributed by atoms with van der Waals surface area (Å²) in [5.41, 5.74) is 0. The van der Waals surface area contributed by atoms with E-state index in [2.05, 4.69) is 0 Å². The van der Waals surface area contributed by atoms with Crippen molar-refractivity contribution in [3.8, 4) is 0 Å². The van der Waals surface area contributed by atoms with E-state index >= 15 is 0 Å². The maximum Gasteiger partial charge on any atom is 2.00 e. The van der Waals surface area contributed by atoms with Crippen molar-refractivity contribution in [3.05, 3.63) is 0 Å². The Hall–Kier alpha value is 4.67. The van der Waals surface area contributed by atoms with Crippen LogP contribution in [0.4, 0.5) is 0 Å². The second-order valence-corrected chi connectivity index (χ2v) is 4.22. The zero-order valence-corrected chi connectivity index (χ0v) is 21.5. The molecule has 1 unspecified atom stereocenters. The van der Waals surface area contributed by atoms with Crippen molar-refractivity contribution in [1.82, 2.24) is 0 Å². The van der Waals surface area contributed by atoms with E-state index < -0.39 is 23.5 Å². The number of phosphoric acid groups is 3. The molecular formula is H6AsCa3O12P3. The van der Waals surface area contributed by atoms with Crippen LogP contribution >= 0.6 is 23.5 Å². The molecule has 0 amide bonds. The minimum Gasteiger partial charge on any atom is 2.00 e. The standard InChI is InChI=1S/AsH3.3Ca.3H3O4P/c;;;;3*1-5(2,3)4/h1H3;;;;3*(H3,1,2,3,4)/q;3*+2;;;/p-6. The maximum absolute atomic E-state index is 8.88. The summed E-state index contributed by atoms with van der Waals surface area (Å²) in [5.74, 6) is 0. The van der Waals surface area contributed by atoms with Gasteiger partial charge in [0.1, 0.15) is 0 Å². The third kappa shape index (κ3) is 444. The Morgan fingerprint density at radius 1 is 0.579 bits per heavy atom. The van der Waals surface area contributed by atoms with Gasteiger partial charge in [-0.25, -0.2) is 4.57 Å². The van der Waals surface area contributed by atoms with Gasteiger partial charge < -0.3 is 53.2 Å². The molecule has 3 N–H and O–H groups in total. The summed E-state index contributed by atoms with van der Waals surface area (Å²) in [6.07, 6.45) is 0. The van der Waals surface area contributed by atoms with Crippen molar-refractivity contribution in [2.75, 3.05) is 0 Å². The average molecular weight is 486 g/mol. The van der Waals surface area contributed by atoms with Crippen molar-refractivity contribution >= 4 is 155 Å². The first-order valence-electron chi connectivity index (χ1n) is 2.24. The first-order chi connectivity index (χ1) is 6.00. The van der Waals surface area contributed by atoms with Crippen LogP contribution in [0.3, 0.4) is 0 Å². The average Bonchev–Trinajstić information content (AvgIpc) is 1.41. The van der Waals surface area contributed by atoms with E-state index in [9.17, 15) is 0 Å². The molecule has 1 atom stereocenters. The van der Waals surface area contributed by atoms with Crippen LogP contribution in [0.5, 0.6) is 0 Å². The Morgan fingerprint density at radius 2 is 0.579 bits per heavy atom. The molecule has 0 aliphatic rings. The molecule has 0 bridgehead atoms. The molecule has 0 spiro atoms. The number of hydrogen-bond acceptors (Lipinski definition) is 9. The predicted octanol–water partition coefficient (Wildman–Crippen LogP) is -8.90. The van der Waals surface area contributed by atoms with Gasteiger partial charge in [0.25, 0.3) is 0 Å². The molecule has 0 aliphatic carbocycles. The summed E-state index contributed by atoms with van der Waals surface area (Å²) >= 11 is 0. The smallest absolute Gasteiger partial charge is 2.00 e. The summed E-state index contributed by atoms with van der Waals surface area (Å²) in [5, 5.41) is 0. The van der Waals surface area contributed by atoms with Gasteiger partial charge in [-0.1, -0.05) is 0 Å². The summed E-state index contributed by atoms with van der Waals surface area (Å²) in [7, 11) is -15.4. The van der Waals surface area contributed by atoms with E-state index in [1.54, 1.807) is 0 Å². The minimum atomic E-state index is -5.39. The van der Waals surface area contributed by atoms with E-state index in [0.717, 1.165) is 0 Å². The van der Waals surface area contributed by atoms with E-state index in [1.165, 1.54) is 0 Å².